The van der Waals surface area contributed by atoms with Gasteiger partial charge in [-0.05, 0) is 24.6 Å². The Morgan fingerprint density at radius 2 is 2.33 bits per heavy atom. The molecule has 1 fully saturated rings. The Morgan fingerprint density at radius 1 is 1.56 bits per heavy atom. The first-order valence-electron chi connectivity index (χ1n) is 5.69. The number of anilines is 1. The number of thiocarbonyl (C=S) groups is 1. The lowest BCUT2D eigenvalue weighted by atomic mass is 10.1. The molecule has 1 amide bonds. The standard InChI is InChI=1S/C12H14BrN3OS/c13-7-1-3-10(9(5-7)12(14)18)16-8-2-4-11(17)15-6-8/h1,3,5,8,16H,2,4,6H2,(H2,14,18)(H,15,17). The van der Waals surface area contributed by atoms with Crippen LogP contribution in [-0.4, -0.2) is 23.5 Å². The zero-order valence-corrected chi connectivity index (χ0v) is 12.1. The molecule has 0 aromatic heterocycles. The van der Waals surface area contributed by atoms with E-state index in [1.165, 1.54) is 0 Å². The highest BCUT2D eigenvalue weighted by molar-refractivity contribution is 9.10. The van der Waals surface area contributed by atoms with Gasteiger partial charge in [-0.1, -0.05) is 28.1 Å². The molecule has 4 N–H and O–H groups in total. The number of carbonyl (C=O) groups excluding carboxylic acids is 1. The van der Waals surface area contributed by atoms with Crippen molar-refractivity contribution in [2.24, 2.45) is 5.73 Å². The third-order valence-corrected chi connectivity index (χ3v) is 3.59. The molecule has 1 heterocycles. The summed E-state index contributed by atoms with van der Waals surface area (Å²) in [6.45, 7) is 0.631. The summed E-state index contributed by atoms with van der Waals surface area (Å²) in [7, 11) is 0. The van der Waals surface area contributed by atoms with E-state index >= 15 is 0 Å². The molecule has 2 rings (SSSR count). The van der Waals surface area contributed by atoms with Crippen molar-refractivity contribution in [3.63, 3.8) is 0 Å². The van der Waals surface area contributed by atoms with E-state index in [0.29, 0.717) is 18.0 Å². The number of halogens is 1. The minimum absolute atomic E-state index is 0.110. The van der Waals surface area contributed by atoms with Crippen molar-refractivity contribution < 1.29 is 4.79 Å². The predicted molar refractivity (Wildman–Crippen MR) is 79.7 cm³/mol. The second-order valence-electron chi connectivity index (χ2n) is 4.24. The van der Waals surface area contributed by atoms with Gasteiger partial charge < -0.3 is 16.4 Å². The van der Waals surface area contributed by atoms with Crippen LogP contribution in [0.4, 0.5) is 5.69 Å². The fraction of sp³-hybridized carbons (Fsp3) is 0.333. The SMILES string of the molecule is NC(=S)c1cc(Br)ccc1NC1CCC(=O)NC1. The Balaban J connectivity index is 2.13. The Hall–Kier alpha value is -1.14. The number of hydrogen-bond acceptors (Lipinski definition) is 3. The molecule has 0 saturated carbocycles. The quantitative estimate of drug-likeness (QED) is 0.740. The van der Waals surface area contributed by atoms with Crippen molar-refractivity contribution in [2.45, 2.75) is 18.9 Å². The fourth-order valence-electron chi connectivity index (χ4n) is 1.92. The van der Waals surface area contributed by atoms with Crippen LogP contribution in [0.2, 0.25) is 0 Å². The Bertz CT molecular complexity index is 482. The van der Waals surface area contributed by atoms with Gasteiger partial charge in [0.25, 0.3) is 0 Å². The summed E-state index contributed by atoms with van der Waals surface area (Å²) in [6.07, 6.45) is 1.37. The van der Waals surface area contributed by atoms with Crippen molar-refractivity contribution in [3.8, 4) is 0 Å². The van der Waals surface area contributed by atoms with Crippen molar-refractivity contribution in [1.29, 1.82) is 0 Å². The summed E-state index contributed by atoms with van der Waals surface area (Å²) in [5.41, 5.74) is 7.44. The van der Waals surface area contributed by atoms with Crippen molar-refractivity contribution in [3.05, 3.63) is 28.2 Å². The van der Waals surface area contributed by atoms with E-state index in [1.807, 2.05) is 18.2 Å². The second kappa shape index (κ2) is 5.67. The molecule has 6 heteroatoms. The first-order valence-corrected chi connectivity index (χ1v) is 6.89. The van der Waals surface area contributed by atoms with Gasteiger partial charge in [-0.15, -0.1) is 0 Å². The number of piperidine rings is 1. The van der Waals surface area contributed by atoms with E-state index in [2.05, 4.69) is 26.6 Å². The van der Waals surface area contributed by atoms with Crippen LogP contribution in [0.5, 0.6) is 0 Å². The highest BCUT2D eigenvalue weighted by Gasteiger charge is 2.18. The molecule has 0 spiro atoms. The van der Waals surface area contributed by atoms with Gasteiger partial charge in [0.2, 0.25) is 5.91 Å². The molecule has 1 aliphatic rings. The van der Waals surface area contributed by atoms with E-state index in [4.69, 9.17) is 18.0 Å². The average molecular weight is 328 g/mol. The number of hydrogen-bond donors (Lipinski definition) is 3. The smallest absolute Gasteiger partial charge is 0.220 e. The maximum absolute atomic E-state index is 11.1. The van der Waals surface area contributed by atoms with Crippen LogP contribution < -0.4 is 16.4 Å². The minimum Gasteiger partial charge on any atom is -0.389 e. The lowest BCUT2D eigenvalue weighted by Gasteiger charge is -2.25. The molecule has 0 bridgehead atoms. The number of benzene rings is 1. The molecule has 1 aromatic rings. The van der Waals surface area contributed by atoms with E-state index in [9.17, 15) is 4.79 Å². The number of nitrogens with two attached hydrogens (primary N) is 1. The summed E-state index contributed by atoms with van der Waals surface area (Å²) in [5.74, 6) is 0.110. The Labute approximate surface area is 119 Å². The lowest BCUT2D eigenvalue weighted by Crippen LogP contribution is -2.42. The number of carbonyl (C=O) groups is 1. The third-order valence-electron chi connectivity index (χ3n) is 2.87. The third kappa shape index (κ3) is 3.20. The summed E-state index contributed by atoms with van der Waals surface area (Å²) >= 11 is 8.44. The molecule has 0 aliphatic carbocycles. The van der Waals surface area contributed by atoms with Crippen molar-refractivity contribution >= 4 is 44.7 Å². The summed E-state index contributed by atoms with van der Waals surface area (Å²) in [5, 5.41) is 6.21. The van der Waals surface area contributed by atoms with Crippen LogP contribution in [0.1, 0.15) is 18.4 Å². The first kappa shape index (κ1) is 13.3. The summed E-state index contributed by atoms with van der Waals surface area (Å²) < 4.78 is 0.938. The Morgan fingerprint density at radius 3 is 2.94 bits per heavy atom. The predicted octanol–water partition coefficient (Wildman–Crippen LogP) is 1.77. The van der Waals surface area contributed by atoms with Crippen LogP contribution in [-0.2, 0) is 4.79 Å². The number of rotatable bonds is 3. The van der Waals surface area contributed by atoms with Crippen LogP contribution in [0.15, 0.2) is 22.7 Å². The van der Waals surface area contributed by atoms with E-state index in [-0.39, 0.29) is 11.9 Å². The summed E-state index contributed by atoms with van der Waals surface area (Å²) in [6, 6.07) is 5.99. The number of nitrogens with one attached hydrogen (secondary N) is 2. The maximum atomic E-state index is 11.1. The molecule has 4 nitrogen and oxygen atoms in total. The van der Waals surface area contributed by atoms with E-state index in [1.54, 1.807) is 0 Å². The van der Waals surface area contributed by atoms with Gasteiger partial charge in [0, 0.05) is 34.7 Å². The van der Waals surface area contributed by atoms with Crippen LogP contribution >= 0.6 is 28.1 Å². The summed E-state index contributed by atoms with van der Waals surface area (Å²) in [4.78, 5) is 11.5. The molecule has 1 aromatic carbocycles. The van der Waals surface area contributed by atoms with Crippen molar-refractivity contribution in [2.75, 3.05) is 11.9 Å². The van der Waals surface area contributed by atoms with Crippen LogP contribution in [0, 0.1) is 0 Å². The zero-order valence-electron chi connectivity index (χ0n) is 9.70. The molecule has 1 atom stereocenters. The largest absolute Gasteiger partial charge is 0.389 e. The van der Waals surface area contributed by atoms with Gasteiger partial charge in [-0.3, -0.25) is 4.79 Å². The highest BCUT2D eigenvalue weighted by atomic mass is 79.9. The molecule has 96 valence electrons. The molecular weight excluding hydrogens is 314 g/mol. The molecule has 0 radical (unpaired) electrons. The van der Waals surface area contributed by atoms with Gasteiger partial charge in [-0.25, -0.2) is 0 Å². The topological polar surface area (TPSA) is 67.1 Å². The van der Waals surface area contributed by atoms with E-state index in [0.717, 1.165) is 22.1 Å². The molecule has 1 saturated heterocycles. The van der Waals surface area contributed by atoms with Gasteiger partial charge in [0.15, 0.2) is 0 Å². The second-order valence-corrected chi connectivity index (χ2v) is 5.59. The van der Waals surface area contributed by atoms with Gasteiger partial charge in [0.1, 0.15) is 4.99 Å². The minimum atomic E-state index is 0.110. The Kier molecular flexibility index (Phi) is 4.19. The fourth-order valence-corrected chi connectivity index (χ4v) is 2.45. The maximum Gasteiger partial charge on any atom is 0.220 e. The molecule has 18 heavy (non-hydrogen) atoms. The molecule has 1 unspecified atom stereocenters. The van der Waals surface area contributed by atoms with Crippen LogP contribution in [0.3, 0.4) is 0 Å². The number of amides is 1. The molecular formula is C12H14BrN3OS. The van der Waals surface area contributed by atoms with Crippen LogP contribution in [0.25, 0.3) is 0 Å². The van der Waals surface area contributed by atoms with Gasteiger partial charge in [0.05, 0.1) is 0 Å². The molecule has 1 aliphatic heterocycles. The average Bonchev–Trinajstić information content (AvgIpc) is 2.34. The monoisotopic (exact) mass is 327 g/mol. The lowest BCUT2D eigenvalue weighted by molar-refractivity contribution is -0.122. The zero-order chi connectivity index (χ0) is 13.1. The van der Waals surface area contributed by atoms with Crippen molar-refractivity contribution in [1.82, 2.24) is 5.32 Å². The highest BCUT2D eigenvalue weighted by Crippen LogP contribution is 2.22. The normalized spacial score (nSPS) is 19.2. The van der Waals surface area contributed by atoms with E-state index < -0.39 is 0 Å². The first-order chi connectivity index (χ1) is 8.56. The van der Waals surface area contributed by atoms with Gasteiger partial charge >= 0.3 is 0 Å². The van der Waals surface area contributed by atoms with Gasteiger partial charge in [-0.2, -0.15) is 0 Å².